The molecule has 164 valence electrons. The van der Waals surface area contributed by atoms with E-state index in [1.165, 1.54) is 70.0 Å². The number of nitrogens with zero attached hydrogens (tertiary/aromatic N) is 2. The number of benzene rings is 1. The fourth-order valence-electron chi connectivity index (χ4n) is 6.35. The van der Waals surface area contributed by atoms with Gasteiger partial charge in [0.1, 0.15) is 17.4 Å². The van der Waals surface area contributed by atoms with E-state index in [1.807, 2.05) is 6.07 Å². The molecule has 1 aromatic carbocycles. The normalized spacial score (nSPS) is 29.7. The molecule has 0 radical (unpaired) electrons. The van der Waals surface area contributed by atoms with Gasteiger partial charge in [-0.25, -0.2) is 0 Å². The second kappa shape index (κ2) is 8.22. The van der Waals surface area contributed by atoms with Crippen molar-refractivity contribution in [2.75, 3.05) is 12.4 Å². The molecule has 0 aromatic heterocycles. The van der Waals surface area contributed by atoms with Gasteiger partial charge in [-0.05, 0) is 74.7 Å². The number of ether oxygens (including phenoxy) is 1. The summed E-state index contributed by atoms with van der Waals surface area (Å²) >= 11 is 0. The van der Waals surface area contributed by atoms with Crippen LogP contribution in [0, 0.1) is 44.6 Å². The van der Waals surface area contributed by atoms with Crippen LogP contribution in [0.15, 0.2) is 30.0 Å². The first-order valence-electron chi connectivity index (χ1n) is 10.8. The van der Waals surface area contributed by atoms with Gasteiger partial charge >= 0.3 is 0 Å². The van der Waals surface area contributed by atoms with Crippen molar-refractivity contribution in [3.8, 4) is 11.8 Å². The highest BCUT2D eigenvalue weighted by molar-refractivity contribution is 5.97. The zero-order valence-corrected chi connectivity index (χ0v) is 17.9. The van der Waals surface area contributed by atoms with Gasteiger partial charge in [-0.15, -0.1) is 0 Å². The molecule has 0 aliphatic heterocycles. The van der Waals surface area contributed by atoms with E-state index in [-0.39, 0.29) is 28.5 Å². The number of carbonyl (C=O) groups excluding carboxylic acids is 1. The SMILES string of the molecule is COc1cc([N+](=O)[O-])ccc1N/C=C(/C#N)C(=O)NC(C)C12CC3CC(CC(C3)C1)C2. The molecule has 8 heteroatoms. The molecule has 4 aliphatic carbocycles. The standard InChI is InChI=1S/C23H28N4O4/c1-14(23-9-15-5-16(10-23)7-17(6-15)11-23)26-22(28)18(12-24)13-25-20-4-3-19(27(29)30)8-21(20)31-2/h3-4,8,13-17,25H,5-7,9-11H2,1-2H3,(H,26,28)/b18-13-. The molecule has 31 heavy (non-hydrogen) atoms. The highest BCUT2D eigenvalue weighted by Crippen LogP contribution is 2.61. The highest BCUT2D eigenvalue weighted by atomic mass is 16.6. The van der Waals surface area contributed by atoms with Gasteiger partial charge in [-0.2, -0.15) is 5.26 Å². The maximum Gasteiger partial charge on any atom is 0.273 e. The van der Waals surface area contributed by atoms with E-state index >= 15 is 0 Å². The van der Waals surface area contributed by atoms with Crippen LogP contribution in [-0.4, -0.2) is 24.0 Å². The van der Waals surface area contributed by atoms with Gasteiger partial charge in [0, 0.05) is 18.3 Å². The number of methoxy groups -OCH3 is 1. The molecule has 4 bridgehead atoms. The number of nitrogens with one attached hydrogen (secondary N) is 2. The predicted molar refractivity (Wildman–Crippen MR) is 115 cm³/mol. The van der Waals surface area contributed by atoms with Crippen LogP contribution >= 0.6 is 0 Å². The van der Waals surface area contributed by atoms with E-state index in [9.17, 15) is 20.2 Å². The van der Waals surface area contributed by atoms with Crippen molar-refractivity contribution in [1.29, 1.82) is 5.26 Å². The highest BCUT2D eigenvalue weighted by Gasteiger charge is 2.53. The van der Waals surface area contributed by atoms with Crippen LogP contribution in [0.4, 0.5) is 11.4 Å². The molecule has 4 fully saturated rings. The minimum absolute atomic E-state index is 0.0130. The number of anilines is 1. The Balaban J connectivity index is 1.45. The first kappa shape index (κ1) is 21.2. The lowest BCUT2D eigenvalue weighted by Crippen LogP contribution is -2.56. The molecule has 1 amide bonds. The molecule has 4 saturated carbocycles. The summed E-state index contributed by atoms with van der Waals surface area (Å²) in [6.45, 7) is 2.08. The molecule has 0 saturated heterocycles. The van der Waals surface area contributed by atoms with E-state index < -0.39 is 10.8 Å². The van der Waals surface area contributed by atoms with Crippen molar-refractivity contribution < 1.29 is 14.5 Å². The molecule has 2 N–H and O–H groups in total. The van der Waals surface area contributed by atoms with Crippen molar-refractivity contribution >= 4 is 17.3 Å². The van der Waals surface area contributed by atoms with E-state index in [0.717, 1.165) is 17.8 Å². The number of hydrogen-bond acceptors (Lipinski definition) is 6. The Hall–Kier alpha value is -3.08. The summed E-state index contributed by atoms with van der Waals surface area (Å²) in [5, 5.41) is 26.4. The molecule has 4 aliphatic rings. The van der Waals surface area contributed by atoms with Crippen LogP contribution in [0.3, 0.4) is 0 Å². The molecule has 5 rings (SSSR count). The van der Waals surface area contributed by atoms with Crippen LogP contribution in [-0.2, 0) is 4.79 Å². The van der Waals surface area contributed by atoms with E-state index in [2.05, 4.69) is 17.6 Å². The number of carbonyl (C=O) groups is 1. The third kappa shape index (κ3) is 4.09. The van der Waals surface area contributed by atoms with E-state index in [1.54, 1.807) is 0 Å². The van der Waals surface area contributed by atoms with Gasteiger partial charge in [0.2, 0.25) is 0 Å². The first-order chi connectivity index (χ1) is 14.8. The lowest BCUT2D eigenvalue weighted by Gasteiger charge is -2.59. The quantitative estimate of drug-likeness (QED) is 0.294. The third-order valence-electron chi connectivity index (χ3n) is 7.48. The Morgan fingerprint density at radius 3 is 2.42 bits per heavy atom. The Morgan fingerprint density at radius 2 is 1.90 bits per heavy atom. The van der Waals surface area contributed by atoms with Crippen LogP contribution in [0.2, 0.25) is 0 Å². The second-order valence-corrected chi connectivity index (χ2v) is 9.43. The monoisotopic (exact) mass is 424 g/mol. The van der Waals surface area contributed by atoms with E-state index in [0.29, 0.717) is 5.69 Å². The summed E-state index contributed by atoms with van der Waals surface area (Å²) in [6, 6.07) is 6.08. The predicted octanol–water partition coefficient (Wildman–Crippen LogP) is 4.14. The van der Waals surface area contributed by atoms with Gasteiger partial charge in [0.15, 0.2) is 0 Å². The van der Waals surface area contributed by atoms with Gasteiger partial charge in [-0.1, -0.05) is 0 Å². The summed E-state index contributed by atoms with van der Waals surface area (Å²) in [5.41, 5.74) is 0.439. The minimum Gasteiger partial charge on any atom is -0.494 e. The fourth-order valence-corrected chi connectivity index (χ4v) is 6.35. The number of non-ortho nitro benzene ring substituents is 1. The number of rotatable bonds is 7. The van der Waals surface area contributed by atoms with Crippen molar-refractivity contribution in [1.82, 2.24) is 5.32 Å². The van der Waals surface area contributed by atoms with Crippen molar-refractivity contribution in [3.05, 3.63) is 40.1 Å². The van der Waals surface area contributed by atoms with Crippen molar-refractivity contribution in [3.63, 3.8) is 0 Å². The molecule has 8 nitrogen and oxygen atoms in total. The molecular weight excluding hydrogens is 396 g/mol. The minimum atomic E-state index is -0.512. The zero-order valence-electron chi connectivity index (χ0n) is 17.9. The Labute approximate surface area is 181 Å². The summed E-state index contributed by atoms with van der Waals surface area (Å²) in [6.07, 6.45) is 8.85. The molecular formula is C23H28N4O4. The average molecular weight is 425 g/mol. The number of nitriles is 1. The van der Waals surface area contributed by atoms with Gasteiger partial charge in [0.05, 0.1) is 23.8 Å². The Kier molecular flexibility index (Phi) is 5.61. The number of nitro groups is 1. The summed E-state index contributed by atoms with van der Waals surface area (Å²) < 4.78 is 5.19. The fraction of sp³-hybridized carbons (Fsp3) is 0.565. The molecule has 1 aromatic rings. The molecule has 0 heterocycles. The van der Waals surface area contributed by atoms with Gasteiger partial charge in [-0.3, -0.25) is 14.9 Å². The smallest absolute Gasteiger partial charge is 0.273 e. The maximum absolute atomic E-state index is 12.8. The van der Waals surface area contributed by atoms with Crippen LogP contribution < -0.4 is 15.4 Å². The lowest BCUT2D eigenvalue weighted by molar-refractivity contribution is -0.384. The van der Waals surface area contributed by atoms with Crippen LogP contribution in [0.1, 0.15) is 45.4 Å². The van der Waals surface area contributed by atoms with Gasteiger partial charge < -0.3 is 15.4 Å². The topological polar surface area (TPSA) is 117 Å². The summed E-state index contributed by atoms with van der Waals surface area (Å²) in [7, 11) is 1.40. The second-order valence-electron chi connectivity index (χ2n) is 9.43. The van der Waals surface area contributed by atoms with Crippen molar-refractivity contribution in [2.24, 2.45) is 23.2 Å². The summed E-state index contributed by atoms with van der Waals surface area (Å²) in [4.78, 5) is 23.3. The average Bonchev–Trinajstić information content (AvgIpc) is 2.73. The number of nitro benzene ring substituents is 1. The third-order valence-corrected chi connectivity index (χ3v) is 7.48. The maximum atomic E-state index is 12.8. The Bertz CT molecular complexity index is 930. The van der Waals surface area contributed by atoms with E-state index in [4.69, 9.17) is 4.74 Å². The lowest BCUT2D eigenvalue weighted by atomic mass is 9.48. The largest absolute Gasteiger partial charge is 0.494 e. The zero-order chi connectivity index (χ0) is 22.2. The number of hydrogen-bond donors (Lipinski definition) is 2. The van der Waals surface area contributed by atoms with Crippen LogP contribution in [0.25, 0.3) is 0 Å². The summed E-state index contributed by atoms with van der Waals surface area (Å²) in [5.74, 6) is 2.21. The van der Waals surface area contributed by atoms with Crippen molar-refractivity contribution in [2.45, 2.75) is 51.5 Å². The molecule has 1 atom stereocenters. The number of amides is 1. The Morgan fingerprint density at radius 1 is 1.29 bits per heavy atom. The van der Waals surface area contributed by atoms with Gasteiger partial charge in [0.25, 0.3) is 11.6 Å². The van der Waals surface area contributed by atoms with Crippen LogP contribution in [0.5, 0.6) is 5.75 Å². The molecule has 1 unspecified atom stereocenters. The first-order valence-corrected chi connectivity index (χ1v) is 10.8. The molecule has 0 spiro atoms.